The fourth-order valence-electron chi connectivity index (χ4n) is 2.62. The molecule has 1 aliphatic carbocycles. The van der Waals surface area contributed by atoms with Crippen molar-refractivity contribution in [1.82, 2.24) is 10.2 Å². The van der Waals surface area contributed by atoms with Gasteiger partial charge in [-0.25, -0.2) is 0 Å². The summed E-state index contributed by atoms with van der Waals surface area (Å²) in [4.78, 5) is 7.24. The number of piperidine rings is 1. The minimum Gasteiger partial charge on any atom is -0.357 e. The fraction of sp³-hybridized carbons (Fsp3) is 0.933. The first-order valence-electron chi connectivity index (χ1n) is 7.83. The van der Waals surface area contributed by atoms with Crippen LogP contribution in [0, 0.1) is 11.8 Å². The van der Waals surface area contributed by atoms with E-state index < -0.39 is 0 Å². The van der Waals surface area contributed by atoms with Gasteiger partial charge in [0.25, 0.3) is 0 Å². The average Bonchev–Trinajstić information content (AvgIpc) is 3.18. The Morgan fingerprint density at radius 3 is 2.47 bits per heavy atom. The van der Waals surface area contributed by atoms with Crippen molar-refractivity contribution >= 4 is 29.9 Å². The van der Waals surface area contributed by atoms with Gasteiger partial charge < -0.3 is 10.2 Å². The third-order valence-electron chi connectivity index (χ3n) is 4.15. The van der Waals surface area contributed by atoms with E-state index in [1.165, 1.54) is 51.6 Å². The molecule has 0 bridgehead atoms. The molecule has 112 valence electrons. The molecule has 2 rings (SSSR count). The van der Waals surface area contributed by atoms with Crippen molar-refractivity contribution in [3.05, 3.63) is 0 Å². The molecule has 4 heteroatoms. The molecule has 0 unspecified atom stereocenters. The summed E-state index contributed by atoms with van der Waals surface area (Å²) in [6, 6.07) is 0. The van der Waals surface area contributed by atoms with Crippen LogP contribution in [0.3, 0.4) is 0 Å². The zero-order valence-corrected chi connectivity index (χ0v) is 14.9. The number of halogens is 1. The molecule has 1 aliphatic heterocycles. The Balaban J connectivity index is 0.00000180. The second-order valence-electron chi connectivity index (χ2n) is 5.99. The van der Waals surface area contributed by atoms with Gasteiger partial charge in [0.15, 0.2) is 5.96 Å². The smallest absolute Gasteiger partial charge is 0.193 e. The van der Waals surface area contributed by atoms with Crippen LogP contribution in [0.2, 0.25) is 0 Å². The number of likely N-dealkylation sites (tertiary alicyclic amines) is 1. The minimum atomic E-state index is 0. The lowest BCUT2D eigenvalue weighted by molar-refractivity contribution is 0.273. The van der Waals surface area contributed by atoms with Crippen LogP contribution < -0.4 is 5.32 Å². The molecule has 0 aromatic rings. The van der Waals surface area contributed by atoms with Crippen molar-refractivity contribution < 1.29 is 0 Å². The van der Waals surface area contributed by atoms with E-state index in [0.29, 0.717) is 0 Å². The zero-order chi connectivity index (χ0) is 12.8. The third kappa shape index (κ3) is 6.32. The van der Waals surface area contributed by atoms with Gasteiger partial charge in [-0.1, -0.05) is 19.8 Å². The highest BCUT2D eigenvalue weighted by molar-refractivity contribution is 14.0. The second kappa shape index (κ2) is 9.03. The third-order valence-corrected chi connectivity index (χ3v) is 4.15. The van der Waals surface area contributed by atoms with Crippen molar-refractivity contribution in [2.75, 3.05) is 26.2 Å². The minimum absolute atomic E-state index is 0. The molecule has 2 fully saturated rings. The molecule has 19 heavy (non-hydrogen) atoms. The molecule has 0 aromatic carbocycles. The first kappa shape index (κ1) is 17.1. The zero-order valence-electron chi connectivity index (χ0n) is 12.5. The molecule has 0 atom stereocenters. The Morgan fingerprint density at radius 1 is 1.21 bits per heavy atom. The molecule has 1 heterocycles. The van der Waals surface area contributed by atoms with Gasteiger partial charge in [-0.15, -0.1) is 24.0 Å². The predicted octanol–water partition coefficient (Wildman–Crippen LogP) is 3.49. The summed E-state index contributed by atoms with van der Waals surface area (Å²) in [5.41, 5.74) is 0. The van der Waals surface area contributed by atoms with Gasteiger partial charge in [-0.05, 0) is 44.4 Å². The van der Waals surface area contributed by atoms with Crippen LogP contribution in [0.15, 0.2) is 4.99 Å². The number of nitrogens with one attached hydrogen (secondary N) is 1. The van der Waals surface area contributed by atoms with Crippen molar-refractivity contribution in [2.24, 2.45) is 16.8 Å². The van der Waals surface area contributed by atoms with Gasteiger partial charge in [0.1, 0.15) is 0 Å². The summed E-state index contributed by atoms with van der Waals surface area (Å²) in [5.74, 6) is 3.08. The second-order valence-corrected chi connectivity index (χ2v) is 5.99. The molecule has 0 amide bonds. The van der Waals surface area contributed by atoms with Gasteiger partial charge in [0.05, 0.1) is 0 Å². The molecule has 2 aliphatic rings. The largest absolute Gasteiger partial charge is 0.357 e. The number of hydrogen-bond donors (Lipinski definition) is 1. The van der Waals surface area contributed by atoms with E-state index in [9.17, 15) is 0 Å². The van der Waals surface area contributed by atoms with Crippen molar-refractivity contribution in [1.29, 1.82) is 0 Å². The fourth-order valence-corrected chi connectivity index (χ4v) is 2.62. The van der Waals surface area contributed by atoms with Gasteiger partial charge in [-0.2, -0.15) is 0 Å². The molecule has 1 saturated carbocycles. The molecule has 3 nitrogen and oxygen atoms in total. The Hall–Kier alpha value is 0. The topological polar surface area (TPSA) is 27.6 Å². The molecular weight excluding hydrogens is 349 g/mol. The van der Waals surface area contributed by atoms with Gasteiger partial charge in [-0.3, -0.25) is 4.99 Å². The van der Waals surface area contributed by atoms with Crippen molar-refractivity contribution in [3.63, 3.8) is 0 Å². The summed E-state index contributed by atoms with van der Waals surface area (Å²) >= 11 is 0. The molecule has 1 saturated heterocycles. The lowest BCUT2D eigenvalue weighted by atomic mass is 10.00. The van der Waals surface area contributed by atoms with E-state index in [-0.39, 0.29) is 24.0 Å². The number of hydrogen-bond acceptors (Lipinski definition) is 1. The molecule has 1 N–H and O–H groups in total. The van der Waals surface area contributed by atoms with E-state index in [4.69, 9.17) is 4.99 Å². The summed E-state index contributed by atoms with van der Waals surface area (Å²) in [6.45, 7) is 8.85. The normalized spacial score (nSPS) is 21.2. The molecule has 0 radical (unpaired) electrons. The summed E-state index contributed by atoms with van der Waals surface area (Å²) < 4.78 is 0. The number of rotatable bonds is 5. The molecular formula is C15H30IN3. The van der Waals surface area contributed by atoms with Crippen LogP contribution >= 0.6 is 24.0 Å². The maximum atomic E-state index is 4.79. The monoisotopic (exact) mass is 379 g/mol. The quantitative estimate of drug-likeness (QED) is 0.343. The van der Waals surface area contributed by atoms with E-state index in [2.05, 4.69) is 24.1 Å². The standard InChI is InChI=1S/C15H29N3.HI/c1-3-16-15(17-10-4-5-14-6-7-14)18-11-8-13(2)9-12-18;/h13-14H,3-12H2,1-2H3,(H,16,17);1H. The van der Waals surface area contributed by atoms with Crippen LogP contribution in [-0.4, -0.2) is 37.0 Å². The van der Waals surface area contributed by atoms with E-state index in [1.54, 1.807) is 0 Å². The number of guanidine groups is 1. The summed E-state index contributed by atoms with van der Waals surface area (Å²) in [6.07, 6.45) is 8.21. The predicted molar refractivity (Wildman–Crippen MR) is 93.3 cm³/mol. The molecule has 0 spiro atoms. The van der Waals surface area contributed by atoms with Crippen LogP contribution in [-0.2, 0) is 0 Å². The number of nitrogens with zero attached hydrogens (tertiary/aromatic N) is 2. The van der Waals surface area contributed by atoms with Gasteiger partial charge in [0, 0.05) is 26.2 Å². The van der Waals surface area contributed by atoms with E-state index >= 15 is 0 Å². The maximum Gasteiger partial charge on any atom is 0.193 e. The van der Waals surface area contributed by atoms with E-state index in [1.807, 2.05) is 0 Å². The van der Waals surface area contributed by atoms with Gasteiger partial charge >= 0.3 is 0 Å². The van der Waals surface area contributed by atoms with E-state index in [0.717, 1.165) is 30.9 Å². The first-order chi connectivity index (χ1) is 8.79. The van der Waals surface area contributed by atoms with Crippen molar-refractivity contribution in [2.45, 2.75) is 52.4 Å². The maximum absolute atomic E-state index is 4.79. The lowest BCUT2D eigenvalue weighted by Crippen LogP contribution is -2.45. The highest BCUT2D eigenvalue weighted by Gasteiger charge is 2.20. The SMILES string of the molecule is CCNC(=NCCCC1CC1)N1CCC(C)CC1.I. The summed E-state index contributed by atoms with van der Waals surface area (Å²) in [7, 11) is 0. The molecule has 0 aromatic heterocycles. The highest BCUT2D eigenvalue weighted by Crippen LogP contribution is 2.33. The van der Waals surface area contributed by atoms with Crippen LogP contribution in [0.4, 0.5) is 0 Å². The Bertz CT molecular complexity index is 269. The Kier molecular flexibility index (Phi) is 8.11. The lowest BCUT2D eigenvalue weighted by Gasteiger charge is -2.33. The summed E-state index contributed by atoms with van der Waals surface area (Å²) in [5, 5.41) is 3.45. The van der Waals surface area contributed by atoms with Gasteiger partial charge in [0.2, 0.25) is 0 Å². The van der Waals surface area contributed by atoms with Crippen LogP contribution in [0.1, 0.15) is 52.4 Å². The average molecular weight is 379 g/mol. The first-order valence-corrected chi connectivity index (χ1v) is 7.83. The van der Waals surface area contributed by atoms with Crippen LogP contribution in [0.5, 0.6) is 0 Å². The van der Waals surface area contributed by atoms with Crippen molar-refractivity contribution in [3.8, 4) is 0 Å². The Labute approximate surface area is 135 Å². The number of aliphatic imine (C=N–C) groups is 1. The van der Waals surface area contributed by atoms with Crippen LogP contribution in [0.25, 0.3) is 0 Å². The Morgan fingerprint density at radius 2 is 1.89 bits per heavy atom. The highest BCUT2D eigenvalue weighted by atomic mass is 127.